The molecule has 0 saturated carbocycles. The average molecular weight is 390 g/mol. The van der Waals surface area contributed by atoms with Gasteiger partial charge in [0.15, 0.2) is 0 Å². The summed E-state index contributed by atoms with van der Waals surface area (Å²) in [6.07, 6.45) is 1.82. The maximum Gasteiger partial charge on any atom is 0.222 e. The van der Waals surface area contributed by atoms with Crippen LogP contribution in [0.1, 0.15) is 29.1 Å². The fourth-order valence-electron chi connectivity index (χ4n) is 3.93. The van der Waals surface area contributed by atoms with E-state index in [1.54, 1.807) is 11.3 Å². The molecule has 4 rings (SSSR count). The third kappa shape index (κ3) is 3.79. The van der Waals surface area contributed by atoms with E-state index in [1.165, 1.54) is 10.4 Å². The number of piperidine rings is 1. The number of amides is 1. The van der Waals surface area contributed by atoms with Crippen LogP contribution < -0.4 is 10.6 Å². The molecule has 8 heteroatoms. The van der Waals surface area contributed by atoms with Crippen molar-refractivity contribution in [2.75, 3.05) is 44.3 Å². The number of aromatic nitrogens is 2. The van der Waals surface area contributed by atoms with Crippen molar-refractivity contribution in [1.29, 1.82) is 0 Å². The molecular formula is C19H27N5O2S. The Kier molecular flexibility index (Phi) is 5.29. The largest absolute Gasteiger partial charge is 0.379 e. The Labute approximate surface area is 163 Å². The number of rotatable bonds is 4. The highest BCUT2D eigenvalue weighted by Crippen LogP contribution is 2.36. The first kappa shape index (κ1) is 18.6. The van der Waals surface area contributed by atoms with Gasteiger partial charge >= 0.3 is 0 Å². The topological polar surface area (TPSA) is 84.6 Å². The van der Waals surface area contributed by atoms with Gasteiger partial charge in [0.05, 0.1) is 31.1 Å². The van der Waals surface area contributed by atoms with Gasteiger partial charge in [0.2, 0.25) is 5.91 Å². The second kappa shape index (κ2) is 7.69. The van der Waals surface area contributed by atoms with Crippen LogP contribution in [0.3, 0.4) is 0 Å². The number of nitrogens with zero attached hydrogens (tertiary/aromatic N) is 4. The molecule has 146 valence electrons. The average Bonchev–Trinajstić information content (AvgIpc) is 2.96. The summed E-state index contributed by atoms with van der Waals surface area (Å²) in [7, 11) is 0. The number of anilines is 1. The summed E-state index contributed by atoms with van der Waals surface area (Å²) in [5.41, 5.74) is 6.83. The van der Waals surface area contributed by atoms with E-state index < -0.39 is 0 Å². The number of ether oxygens (including phenoxy) is 1. The van der Waals surface area contributed by atoms with E-state index >= 15 is 0 Å². The molecular weight excluding hydrogens is 362 g/mol. The summed E-state index contributed by atoms with van der Waals surface area (Å²) in [6, 6.07) is 0. The highest BCUT2D eigenvalue weighted by atomic mass is 32.1. The van der Waals surface area contributed by atoms with E-state index in [1.807, 2.05) is 0 Å². The van der Waals surface area contributed by atoms with E-state index in [9.17, 15) is 4.79 Å². The molecule has 0 bridgehead atoms. The van der Waals surface area contributed by atoms with Gasteiger partial charge in [0.25, 0.3) is 0 Å². The van der Waals surface area contributed by atoms with Crippen molar-refractivity contribution < 1.29 is 9.53 Å². The van der Waals surface area contributed by atoms with Crippen LogP contribution in [0.25, 0.3) is 10.2 Å². The summed E-state index contributed by atoms with van der Waals surface area (Å²) < 4.78 is 5.45. The number of aryl methyl sites for hydroxylation is 2. The molecule has 1 atom stereocenters. The minimum absolute atomic E-state index is 0.105. The van der Waals surface area contributed by atoms with Crippen molar-refractivity contribution in [3.8, 4) is 0 Å². The highest BCUT2D eigenvalue weighted by Gasteiger charge is 2.28. The number of carbonyl (C=O) groups excluding carboxylic acids is 1. The van der Waals surface area contributed by atoms with Crippen LogP contribution in [0.4, 0.5) is 5.82 Å². The van der Waals surface area contributed by atoms with Gasteiger partial charge in [-0.1, -0.05) is 0 Å². The molecule has 27 heavy (non-hydrogen) atoms. The predicted molar refractivity (Wildman–Crippen MR) is 107 cm³/mol. The zero-order valence-corrected chi connectivity index (χ0v) is 16.8. The number of hydrogen-bond acceptors (Lipinski definition) is 7. The van der Waals surface area contributed by atoms with Crippen LogP contribution in [0.5, 0.6) is 0 Å². The molecule has 2 aliphatic rings. The summed E-state index contributed by atoms with van der Waals surface area (Å²) in [5.74, 6) is 1.50. The van der Waals surface area contributed by atoms with Gasteiger partial charge in [-0.3, -0.25) is 9.69 Å². The number of morpholine rings is 1. The molecule has 2 fully saturated rings. The van der Waals surface area contributed by atoms with Crippen molar-refractivity contribution >= 4 is 33.3 Å². The first-order valence-corrected chi connectivity index (χ1v) is 10.5. The number of nitrogens with two attached hydrogens (primary N) is 1. The lowest BCUT2D eigenvalue weighted by Gasteiger charge is -2.33. The molecule has 0 radical (unpaired) electrons. The van der Waals surface area contributed by atoms with Gasteiger partial charge in [-0.15, -0.1) is 11.3 Å². The third-order valence-corrected chi connectivity index (χ3v) is 6.75. The predicted octanol–water partition coefficient (Wildman–Crippen LogP) is 1.84. The van der Waals surface area contributed by atoms with E-state index in [0.29, 0.717) is 6.54 Å². The second-order valence-electron chi connectivity index (χ2n) is 7.50. The Morgan fingerprint density at radius 2 is 2.04 bits per heavy atom. The molecule has 4 heterocycles. The molecule has 2 aliphatic heterocycles. The minimum atomic E-state index is -0.211. The number of carbonyl (C=O) groups is 1. The van der Waals surface area contributed by atoms with Gasteiger partial charge in [0.1, 0.15) is 16.5 Å². The highest BCUT2D eigenvalue weighted by molar-refractivity contribution is 7.18. The number of fused-ring (bicyclic) bond motifs is 1. The Morgan fingerprint density at radius 1 is 1.26 bits per heavy atom. The maximum atomic E-state index is 11.7. The van der Waals surface area contributed by atoms with Crippen molar-refractivity contribution in [3.05, 3.63) is 16.3 Å². The van der Waals surface area contributed by atoms with E-state index in [4.69, 9.17) is 20.4 Å². The molecule has 0 aliphatic carbocycles. The maximum absolute atomic E-state index is 11.7. The Morgan fingerprint density at radius 3 is 2.78 bits per heavy atom. The van der Waals surface area contributed by atoms with Gasteiger partial charge in [-0.25, -0.2) is 9.97 Å². The summed E-state index contributed by atoms with van der Waals surface area (Å²) in [6.45, 7) is 9.90. The first-order chi connectivity index (χ1) is 13.0. The molecule has 0 spiro atoms. The minimum Gasteiger partial charge on any atom is -0.379 e. The standard InChI is InChI=1S/C19H27N5O2S/c1-12-13(2)27-19-16(12)18(24-5-3-4-14(10-24)17(20)25)21-15(22-19)11-23-6-8-26-9-7-23/h14H,3-11H2,1-2H3,(H2,20,25). The number of primary amides is 1. The number of hydrogen-bond donors (Lipinski definition) is 1. The lowest BCUT2D eigenvalue weighted by molar-refractivity contribution is -0.122. The van der Waals surface area contributed by atoms with Crippen molar-refractivity contribution in [3.63, 3.8) is 0 Å². The summed E-state index contributed by atoms with van der Waals surface area (Å²) in [5, 5.41) is 1.13. The zero-order valence-electron chi connectivity index (χ0n) is 16.0. The van der Waals surface area contributed by atoms with Crippen LogP contribution >= 0.6 is 11.3 Å². The van der Waals surface area contributed by atoms with E-state index in [-0.39, 0.29) is 11.8 Å². The smallest absolute Gasteiger partial charge is 0.222 e. The fourth-order valence-corrected chi connectivity index (χ4v) is 4.97. The van der Waals surface area contributed by atoms with Crippen molar-refractivity contribution in [2.24, 2.45) is 11.7 Å². The molecule has 1 unspecified atom stereocenters. The molecule has 2 aromatic heterocycles. The van der Waals surface area contributed by atoms with E-state index in [2.05, 4.69) is 23.6 Å². The molecule has 1 amide bonds. The quantitative estimate of drug-likeness (QED) is 0.859. The van der Waals surface area contributed by atoms with Crippen LogP contribution in [0.15, 0.2) is 0 Å². The van der Waals surface area contributed by atoms with Gasteiger partial charge in [-0.05, 0) is 32.3 Å². The Balaban J connectivity index is 1.71. The zero-order chi connectivity index (χ0) is 19.0. The van der Waals surface area contributed by atoms with Crippen molar-refractivity contribution in [1.82, 2.24) is 14.9 Å². The van der Waals surface area contributed by atoms with Crippen LogP contribution in [-0.2, 0) is 16.1 Å². The first-order valence-electron chi connectivity index (χ1n) is 9.64. The Hall–Kier alpha value is -1.77. The van der Waals surface area contributed by atoms with Crippen LogP contribution in [0, 0.1) is 19.8 Å². The van der Waals surface area contributed by atoms with Crippen LogP contribution in [-0.4, -0.2) is 60.2 Å². The molecule has 0 aromatic carbocycles. The number of thiophene rings is 1. The van der Waals surface area contributed by atoms with E-state index in [0.717, 1.165) is 74.1 Å². The SMILES string of the molecule is Cc1sc2nc(CN3CCOCC3)nc(N3CCCC(C(N)=O)C3)c2c1C. The van der Waals surface area contributed by atoms with Gasteiger partial charge in [0, 0.05) is 31.1 Å². The molecule has 2 N–H and O–H groups in total. The monoisotopic (exact) mass is 389 g/mol. The van der Waals surface area contributed by atoms with Gasteiger partial charge in [-0.2, -0.15) is 0 Å². The lowest BCUT2D eigenvalue weighted by atomic mass is 9.97. The molecule has 2 aromatic rings. The van der Waals surface area contributed by atoms with Crippen LogP contribution in [0.2, 0.25) is 0 Å². The summed E-state index contributed by atoms with van der Waals surface area (Å²) in [4.78, 5) is 28.5. The third-order valence-electron chi connectivity index (χ3n) is 5.65. The fraction of sp³-hybridized carbons (Fsp3) is 0.632. The Bertz CT molecular complexity index is 846. The van der Waals surface area contributed by atoms with Gasteiger partial charge < -0.3 is 15.4 Å². The van der Waals surface area contributed by atoms with Crippen molar-refractivity contribution in [2.45, 2.75) is 33.2 Å². The lowest BCUT2D eigenvalue weighted by Crippen LogP contribution is -2.42. The summed E-state index contributed by atoms with van der Waals surface area (Å²) >= 11 is 1.73. The second-order valence-corrected chi connectivity index (χ2v) is 8.71. The molecule has 2 saturated heterocycles. The normalized spacial score (nSPS) is 21.7. The molecule has 7 nitrogen and oxygen atoms in total.